The Labute approximate surface area is 121 Å². The first kappa shape index (κ1) is 14.7. The number of aryl methyl sites for hydroxylation is 2. The highest BCUT2D eigenvalue weighted by Gasteiger charge is 2.22. The van der Waals surface area contributed by atoms with Crippen molar-refractivity contribution in [1.82, 2.24) is 10.2 Å². The molecule has 1 aromatic carbocycles. The van der Waals surface area contributed by atoms with Crippen LogP contribution in [0.4, 0.5) is 10.5 Å². The second-order valence-electron chi connectivity index (χ2n) is 5.87. The van der Waals surface area contributed by atoms with E-state index >= 15 is 0 Å². The Morgan fingerprint density at radius 2 is 1.80 bits per heavy atom. The maximum atomic E-state index is 12.0. The molecule has 110 valence electrons. The summed E-state index contributed by atoms with van der Waals surface area (Å²) in [5.74, 6) is 0. The van der Waals surface area contributed by atoms with Gasteiger partial charge in [-0.15, -0.1) is 0 Å². The van der Waals surface area contributed by atoms with E-state index in [9.17, 15) is 4.79 Å². The van der Waals surface area contributed by atoms with Crippen LogP contribution in [0.25, 0.3) is 0 Å². The Kier molecular flexibility index (Phi) is 4.53. The van der Waals surface area contributed by atoms with Gasteiger partial charge in [0.1, 0.15) is 0 Å². The zero-order chi connectivity index (χ0) is 14.7. The van der Waals surface area contributed by atoms with Gasteiger partial charge in [-0.05, 0) is 44.9 Å². The molecule has 0 bridgehead atoms. The minimum Gasteiger partial charge on any atom is -0.368 e. The maximum absolute atomic E-state index is 12.0. The fourth-order valence-corrected chi connectivity index (χ4v) is 2.55. The number of hydrogen-bond donors (Lipinski definition) is 1. The molecular weight excluding hydrogens is 250 g/mol. The van der Waals surface area contributed by atoms with Gasteiger partial charge in [0, 0.05) is 37.9 Å². The lowest BCUT2D eigenvalue weighted by molar-refractivity contribution is 0.192. The van der Waals surface area contributed by atoms with Crippen LogP contribution in [-0.2, 0) is 0 Å². The molecule has 1 fully saturated rings. The van der Waals surface area contributed by atoms with E-state index in [2.05, 4.69) is 42.3 Å². The summed E-state index contributed by atoms with van der Waals surface area (Å²) in [4.78, 5) is 16.2. The lowest BCUT2D eigenvalue weighted by Gasteiger charge is -2.37. The van der Waals surface area contributed by atoms with E-state index in [0.29, 0.717) is 0 Å². The Balaban J connectivity index is 1.97. The number of hydrogen-bond acceptors (Lipinski definition) is 2. The first-order valence-corrected chi connectivity index (χ1v) is 7.35. The largest absolute Gasteiger partial charge is 0.368 e. The number of nitrogens with one attached hydrogen (secondary N) is 1. The van der Waals surface area contributed by atoms with Gasteiger partial charge < -0.3 is 15.1 Å². The van der Waals surface area contributed by atoms with E-state index in [1.54, 1.807) is 0 Å². The van der Waals surface area contributed by atoms with Crippen molar-refractivity contribution in [2.24, 2.45) is 0 Å². The predicted octanol–water partition coefficient (Wildman–Crippen LogP) is 2.54. The van der Waals surface area contributed by atoms with Crippen molar-refractivity contribution < 1.29 is 4.79 Å². The van der Waals surface area contributed by atoms with Crippen molar-refractivity contribution in [3.8, 4) is 0 Å². The average molecular weight is 275 g/mol. The van der Waals surface area contributed by atoms with Crippen molar-refractivity contribution in [1.29, 1.82) is 0 Å². The van der Waals surface area contributed by atoms with E-state index in [-0.39, 0.29) is 12.1 Å². The quantitative estimate of drug-likeness (QED) is 0.900. The molecule has 2 rings (SSSR count). The summed E-state index contributed by atoms with van der Waals surface area (Å²) in [7, 11) is 0. The zero-order valence-electron chi connectivity index (χ0n) is 12.9. The number of urea groups is 1. The van der Waals surface area contributed by atoms with E-state index in [1.165, 1.54) is 16.8 Å². The summed E-state index contributed by atoms with van der Waals surface area (Å²) in [5.41, 5.74) is 3.88. The van der Waals surface area contributed by atoms with Crippen molar-refractivity contribution >= 4 is 11.7 Å². The van der Waals surface area contributed by atoms with Crippen LogP contribution >= 0.6 is 0 Å². The number of carbonyl (C=O) groups excluding carboxylic acids is 1. The van der Waals surface area contributed by atoms with E-state index in [4.69, 9.17) is 0 Å². The molecule has 0 radical (unpaired) electrons. The van der Waals surface area contributed by atoms with Crippen LogP contribution in [0.5, 0.6) is 0 Å². The molecule has 1 saturated heterocycles. The maximum Gasteiger partial charge on any atom is 0.317 e. The summed E-state index contributed by atoms with van der Waals surface area (Å²) < 4.78 is 0. The van der Waals surface area contributed by atoms with Gasteiger partial charge in [0.25, 0.3) is 0 Å². The third-order valence-electron chi connectivity index (χ3n) is 3.68. The Morgan fingerprint density at radius 3 is 2.40 bits per heavy atom. The van der Waals surface area contributed by atoms with E-state index < -0.39 is 0 Å². The Hall–Kier alpha value is -1.71. The van der Waals surface area contributed by atoms with E-state index in [1.807, 2.05) is 18.7 Å². The fourth-order valence-electron chi connectivity index (χ4n) is 2.55. The SMILES string of the molecule is Cc1ccc(C)c(N2CCN(C(=O)NC(C)C)CC2)c1. The lowest BCUT2D eigenvalue weighted by atomic mass is 10.1. The van der Waals surface area contributed by atoms with Gasteiger partial charge in [-0.25, -0.2) is 4.79 Å². The molecule has 1 aliphatic heterocycles. The second kappa shape index (κ2) is 6.16. The standard InChI is InChI=1S/C16H25N3O/c1-12(2)17-16(20)19-9-7-18(8-10-19)15-11-13(3)5-6-14(15)4/h5-6,11-12H,7-10H2,1-4H3,(H,17,20). The molecular formula is C16H25N3O. The molecule has 1 aromatic rings. The topological polar surface area (TPSA) is 35.6 Å². The van der Waals surface area contributed by atoms with Gasteiger partial charge >= 0.3 is 6.03 Å². The summed E-state index contributed by atoms with van der Waals surface area (Å²) in [6.07, 6.45) is 0. The van der Waals surface area contributed by atoms with Crippen LogP contribution in [0, 0.1) is 13.8 Å². The van der Waals surface area contributed by atoms with Crippen LogP contribution < -0.4 is 10.2 Å². The normalized spacial score (nSPS) is 15.7. The summed E-state index contributed by atoms with van der Waals surface area (Å²) in [6.45, 7) is 11.6. The van der Waals surface area contributed by atoms with Gasteiger partial charge in [0.2, 0.25) is 0 Å². The highest BCUT2D eigenvalue weighted by atomic mass is 16.2. The lowest BCUT2D eigenvalue weighted by Crippen LogP contribution is -2.53. The number of anilines is 1. The van der Waals surface area contributed by atoms with Crippen molar-refractivity contribution in [3.05, 3.63) is 29.3 Å². The molecule has 0 aromatic heterocycles. The minimum atomic E-state index is 0.0561. The monoisotopic (exact) mass is 275 g/mol. The molecule has 0 aliphatic carbocycles. The van der Waals surface area contributed by atoms with Crippen LogP contribution in [0.3, 0.4) is 0 Å². The predicted molar refractivity (Wildman–Crippen MR) is 83.4 cm³/mol. The zero-order valence-corrected chi connectivity index (χ0v) is 12.9. The van der Waals surface area contributed by atoms with Crippen LogP contribution in [0.1, 0.15) is 25.0 Å². The number of nitrogens with zero attached hydrogens (tertiary/aromatic N) is 2. The number of piperazine rings is 1. The minimum absolute atomic E-state index is 0.0561. The summed E-state index contributed by atoms with van der Waals surface area (Å²) >= 11 is 0. The van der Waals surface area contributed by atoms with Gasteiger partial charge in [0.15, 0.2) is 0 Å². The van der Waals surface area contributed by atoms with E-state index in [0.717, 1.165) is 26.2 Å². The smallest absolute Gasteiger partial charge is 0.317 e. The molecule has 1 aliphatic rings. The molecule has 0 atom stereocenters. The molecule has 20 heavy (non-hydrogen) atoms. The number of carbonyl (C=O) groups is 1. The third kappa shape index (κ3) is 3.44. The average Bonchev–Trinajstić information content (AvgIpc) is 2.41. The molecule has 2 amide bonds. The molecule has 4 nitrogen and oxygen atoms in total. The summed E-state index contributed by atoms with van der Waals surface area (Å²) in [5, 5.41) is 2.96. The highest BCUT2D eigenvalue weighted by molar-refractivity contribution is 5.74. The van der Waals surface area contributed by atoms with Crippen molar-refractivity contribution in [2.45, 2.75) is 33.7 Å². The second-order valence-corrected chi connectivity index (χ2v) is 5.87. The summed E-state index contributed by atoms with van der Waals surface area (Å²) in [6, 6.07) is 6.80. The van der Waals surface area contributed by atoms with Gasteiger partial charge in [-0.2, -0.15) is 0 Å². The van der Waals surface area contributed by atoms with Gasteiger partial charge in [-0.3, -0.25) is 0 Å². The fraction of sp³-hybridized carbons (Fsp3) is 0.562. The molecule has 0 saturated carbocycles. The molecule has 1 N–H and O–H groups in total. The van der Waals surface area contributed by atoms with Crippen LogP contribution in [0.2, 0.25) is 0 Å². The first-order valence-electron chi connectivity index (χ1n) is 7.35. The third-order valence-corrected chi connectivity index (χ3v) is 3.68. The highest BCUT2D eigenvalue weighted by Crippen LogP contribution is 2.22. The first-order chi connectivity index (χ1) is 9.47. The molecule has 0 spiro atoms. The number of amides is 2. The van der Waals surface area contributed by atoms with Gasteiger partial charge in [-0.1, -0.05) is 12.1 Å². The van der Waals surface area contributed by atoms with Crippen LogP contribution in [-0.4, -0.2) is 43.2 Å². The Morgan fingerprint density at radius 1 is 1.15 bits per heavy atom. The van der Waals surface area contributed by atoms with Crippen molar-refractivity contribution in [2.75, 3.05) is 31.1 Å². The van der Waals surface area contributed by atoms with Crippen molar-refractivity contribution in [3.63, 3.8) is 0 Å². The Bertz CT molecular complexity index is 477. The molecule has 1 heterocycles. The molecule has 4 heteroatoms. The van der Waals surface area contributed by atoms with Gasteiger partial charge in [0.05, 0.1) is 0 Å². The molecule has 0 unspecified atom stereocenters. The number of rotatable bonds is 2. The van der Waals surface area contributed by atoms with Crippen LogP contribution in [0.15, 0.2) is 18.2 Å². The number of benzene rings is 1.